The lowest BCUT2D eigenvalue weighted by molar-refractivity contribution is 0.0528. The van der Waals surface area contributed by atoms with Gasteiger partial charge < -0.3 is 14.6 Å². The van der Waals surface area contributed by atoms with Crippen molar-refractivity contribution < 1.29 is 14.3 Å². The number of benzene rings is 1. The van der Waals surface area contributed by atoms with Crippen LogP contribution in [0.25, 0.3) is 20.7 Å². The van der Waals surface area contributed by atoms with Gasteiger partial charge in [-0.1, -0.05) is 30.3 Å². The van der Waals surface area contributed by atoms with Crippen molar-refractivity contribution >= 4 is 49.8 Å². The first-order chi connectivity index (χ1) is 14.9. The Morgan fingerprint density at radius 2 is 1.94 bits per heavy atom. The van der Waals surface area contributed by atoms with Crippen LogP contribution in [0.15, 0.2) is 47.5 Å². The van der Waals surface area contributed by atoms with Crippen LogP contribution in [0.2, 0.25) is 0 Å². The third kappa shape index (κ3) is 3.89. The molecule has 0 aliphatic carbocycles. The molecular weight excluding hydrogens is 434 g/mol. The summed E-state index contributed by atoms with van der Waals surface area (Å²) in [6.45, 7) is 3.69. The second kappa shape index (κ2) is 8.44. The summed E-state index contributed by atoms with van der Waals surface area (Å²) in [6.07, 6.45) is 1.44. The molecule has 0 saturated carbocycles. The third-order valence-corrected chi connectivity index (χ3v) is 7.03. The molecular formula is C22H19N3O4S2. The summed E-state index contributed by atoms with van der Waals surface area (Å²) < 4.78 is 6.55. The van der Waals surface area contributed by atoms with E-state index in [-0.39, 0.29) is 12.2 Å². The fourth-order valence-corrected chi connectivity index (χ4v) is 5.26. The van der Waals surface area contributed by atoms with E-state index >= 15 is 0 Å². The molecule has 158 valence electrons. The van der Waals surface area contributed by atoms with Crippen molar-refractivity contribution in [1.29, 1.82) is 0 Å². The van der Waals surface area contributed by atoms with E-state index in [4.69, 9.17) is 4.74 Å². The summed E-state index contributed by atoms with van der Waals surface area (Å²) in [6, 6.07) is 11.3. The average molecular weight is 454 g/mol. The number of aromatic nitrogens is 2. The lowest BCUT2D eigenvalue weighted by Crippen LogP contribution is -2.17. The summed E-state index contributed by atoms with van der Waals surface area (Å²) in [5.41, 5.74) is 1.60. The lowest BCUT2D eigenvalue weighted by atomic mass is 10.1. The molecule has 0 aliphatic rings. The molecule has 4 aromatic rings. The number of fused-ring (bicyclic) bond motifs is 1. The molecule has 0 saturated heterocycles. The summed E-state index contributed by atoms with van der Waals surface area (Å²) in [5, 5.41) is 3.68. The van der Waals surface area contributed by atoms with Gasteiger partial charge in [-0.25, -0.2) is 9.78 Å². The Morgan fingerprint density at radius 3 is 2.65 bits per heavy atom. The van der Waals surface area contributed by atoms with E-state index in [0.29, 0.717) is 31.2 Å². The molecule has 0 aliphatic heterocycles. The van der Waals surface area contributed by atoms with Crippen molar-refractivity contribution in [2.24, 2.45) is 7.05 Å². The molecule has 7 nitrogen and oxygen atoms in total. The zero-order valence-corrected chi connectivity index (χ0v) is 18.7. The van der Waals surface area contributed by atoms with Gasteiger partial charge in [0.05, 0.1) is 28.8 Å². The van der Waals surface area contributed by atoms with Gasteiger partial charge in [0.1, 0.15) is 9.83 Å². The molecule has 0 radical (unpaired) electrons. The SMILES string of the molecule is CCOC(=O)c1cc(-c2ccccc2)sc1NC(=O)c1sc2ncn(C)c(=O)c2c1C. The van der Waals surface area contributed by atoms with Crippen molar-refractivity contribution in [1.82, 2.24) is 9.55 Å². The van der Waals surface area contributed by atoms with Crippen molar-refractivity contribution in [2.45, 2.75) is 13.8 Å². The topological polar surface area (TPSA) is 90.3 Å². The number of nitrogens with zero attached hydrogens (tertiary/aromatic N) is 2. The van der Waals surface area contributed by atoms with E-state index in [2.05, 4.69) is 10.3 Å². The van der Waals surface area contributed by atoms with Gasteiger partial charge in [-0.3, -0.25) is 9.59 Å². The number of aryl methyl sites for hydroxylation is 2. The van der Waals surface area contributed by atoms with E-state index < -0.39 is 11.9 Å². The van der Waals surface area contributed by atoms with Crippen molar-refractivity contribution in [3.05, 3.63) is 69.1 Å². The molecule has 0 bridgehead atoms. The molecule has 0 spiro atoms. The normalized spacial score (nSPS) is 10.9. The number of nitrogens with one attached hydrogen (secondary N) is 1. The molecule has 3 heterocycles. The highest BCUT2D eigenvalue weighted by Gasteiger charge is 2.23. The van der Waals surface area contributed by atoms with Gasteiger partial charge >= 0.3 is 5.97 Å². The monoisotopic (exact) mass is 453 g/mol. The zero-order valence-electron chi connectivity index (χ0n) is 17.1. The Morgan fingerprint density at radius 1 is 1.19 bits per heavy atom. The number of rotatable bonds is 5. The Hall–Kier alpha value is -3.30. The number of hydrogen-bond acceptors (Lipinski definition) is 7. The number of esters is 1. The zero-order chi connectivity index (χ0) is 22.1. The highest BCUT2D eigenvalue weighted by atomic mass is 32.1. The van der Waals surface area contributed by atoms with Crippen LogP contribution < -0.4 is 10.9 Å². The van der Waals surface area contributed by atoms with Crippen LogP contribution in [0.5, 0.6) is 0 Å². The highest BCUT2D eigenvalue weighted by molar-refractivity contribution is 7.21. The number of carbonyl (C=O) groups excluding carboxylic acids is 2. The molecule has 0 unspecified atom stereocenters. The molecule has 9 heteroatoms. The quantitative estimate of drug-likeness (QED) is 0.451. The van der Waals surface area contributed by atoms with Crippen LogP contribution in [0.1, 0.15) is 32.5 Å². The lowest BCUT2D eigenvalue weighted by Gasteiger charge is -2.05. The van der Waals surface area contributed by atoms with Crippen LogP contribution in [0.4, 0.5) is 5.00 Å². The van der Waals surface area contributed by atoms with Gasteiger partial charge in [0.2, 0.25) is 0 Å². The Labute approximate surface area is 185 Å². The van der Waals surface area contributed by atoms with Crippen molar-refractivity contribution in [2.75, 3.05) is 11.9 Å². The first-order valence-corrected chi connectivity index (χ1v) is 11.2. The first-order valence-electron chi connectivity index (χ1n) is 9.53. The van der Waals surface area contributed by atoms with E-state index in [0.717, 1.165) is 21.8 Å². The first kappa shape index (κ1) is 21.0. The average Bonchev–Trinajstić information content (AvgIpc) is 3.33. The second-order valence-electron chi connectivity index (χ2n) is 6.79. The number of amides is 1. The summed E-state index contributed by atoms with van der Waals surface area (Å²) in [7, 11) is 1.62. The molecule has 0 fully saturated rings. The largest absolute Gasteiger partial charge is 0.462 e. The molecule has 4 rings (SSSR count). The highest BCUT2D eigenvalue weighted by Crippen LogP contribution is 2.37. The van der Waals surface area contributed by atoms with Gasteiger partial charge in [-0.05, 0) is 31.0 Å². The number of ether oxygens (including phenoxy) is 1. The van der Waals surface area contributed by atoms with E-state index in [9.17, 15) is 14.4 Å². The standard InChI is InChI=1S/C22H19N3O4S2/c1-4-29-22(28)14-10-15(13-8-6-5-7-9-13)30-19(14)24-18(26)17-12(2)16-20(31-17)23-11-25(3)21(16)27/h5-11H,4H2,1-3H3,(H,24,26). The molecule has 3 aromatic heterocycles. The molecule has 0 atom stereocenters. The van der Waals surface area contributed by atoms with E-state index in [1.807, 2.05) is 30.3 Å². The smallest absolute Gasteiger partial charge is 0.341 e. The van der Waals surface area contributed by atoms with Crippen LogP contribution in [-0.4, -0.2) is 28.0 Å². The Balaban J connectivity index is 1.74. The van der Waals surface area contributed by atoms with Gasteiger partial charge in [0.25, 0.3) is 11.5 Å². The predicted molar refractivity (Wildman–Crippen MR) is 123 cm³/mol. The fraction of sp³-hybridized carbons (Fsp3) is 0.182. The maximum absolute atomic E-state index is 13.1. The van der Waals surface area contributed by atoms with Crippen LogP contribution in [0, 0.1) is 6.92 Å². The maximum atomic E-state index is 13.1. The maximum Gasteiger partial charge on any atom is 0.341 e. The molecule has 31 heavy (non-hydrogen) atoms. The van der Waals surface area contributed by atoms with Crippen LogP contribution >= 0.6 is 22.7 Å². The van der Waals surface area contributed by atoms with Gasteiger partial charge in [0.15, 0.2) is 0 Å². The number of thiophene rings is 2. The molecule has 1 amide bonds. The predicted octanol–water partition coefficient (Wildman–Crippen LogP) is 4.46. The minimum atomic E-state index is -0.500. The Bertz CT molecular complexity index is 1350. The van der Waals surface area contributed by atoms with Crippen molar-refractivity contribution in [3.63, 3.8) is 0 Å². The number of carbonyl (C=O) groups is 2. The third-order valence-electron chi connectivity index (χ3n) is 4.73. The van der Waals surface area contributed by atoms with E-state index in [1.165, 1.54) is 22.2 Å². The second-order valence-corrected chi connectivity index (χ2v) is 8.84. The van der Waals surface area contributed by atoms with Crippen LogP contribution in [-0.2, 0) is 11.8 Å². The van der Waals surface area contributed by atoms with Crippen LogP contribution in [0.3, 0.4) is 0 Å². The van der Waals surface area contributed by atoms with Crippen molar-refractivity contribution in [3.8, 4) is 10.4 Å². The summed E-state index contributed by atoms with van der Waals surface area (Å²) >= 11 is 2.45. The summed E-state index contributed by atoms with van der Waals surface area (Å²) in [4.78, 5) is 44.0. The molecule has 1 aromatic carbocycles. The van der Waals surface area contributed by atoms with E-state index in [1.54, 1.807) is 27.0 Å². The number of hydrogen-bond donors (Lipinski definition) is 1. The minimum Gasteiger partial charge on any atom is -0.462 e. The van der Waals surface area contributed by atoms with Gasteiger partial charge in [-0.2, -0.15) is 0 Å². The summed E-state index contributed by atoms with van der Waals surface area (Å²) in [5.74, 6) is -0.894. The minimum absolute atomic E-state index is 0.201. The van der Waals surface area contributed by atoms with Gasteiger partial charge in [-0.15, -0.1) is 22.7 Å². The number of anilines is 1. The Kier molecular flexibility index (Phi) is 5.71. The molecule has 1 N–H and O–H groups in total. The fourth-order valence-electron chi connectivity index (χ4n) is 3.17. The van der Waals surface area contributed by atoms with Gasteiger partial charge in [0, 0.05) is 11.9 Å².